The molecule has 2 atom stereocenters. The predicted molar refractivity (Wildman–Crippen MR) is 125 cm³/mol. The summed E-state index contributed by atoms with van der Waals surface area (Å²) in [4.78, 5) is 23.3. The molecule has 3 aromatic rings. The molecule has 2 unspecified atom stereocenters. The van der Waals surface area contributed by atoms with Crippen molar-refractivity contribution in [3.63, 3.8) is 0 Å². The highest BCUT2D eigenvalue weighted by molar-refractivity contribution is 5.96. The van der Waals surface area contributed by atoms with E-state index < -0.39 is 29.7 Å². The Balaban J connectivity index is 1.50. The number of carbonyl (C=O) groups excluding carboxylic acids is 1. The summed E-state index contributed by atoms with van der Waals surface area (Å²) in [6, 6.07) is 12.6. The number of aromatic nitrogens is 2. The number of carbonyl (C=O) groups is 2. The van der Waals surface area contributed by atoms with Gasteiger partial charge in [0, 0.05) is 17.7 Å². The van der Waals surface area contributed by atoms with Gasteiger partial charge < -0.3 is 15.2 Å². The van der Waals surface area contributed by atoms with Gasteiger partial charge in [-0.15, -0.1) is 0 Å². The van der Waals surface area contributed by atoms with Gasteiger partial charge in [0.15, 0.2) is 0 Å². The number of amides is 1. The minimum Gasteiger partial charge on any atom is -0.485 e. The van der Waals surface area contributed by atoms with Crippen molar-refractivity contribution in [2.24, 2.45) is 5.92 Å². The molecule has 1 heterocycles. The van der Waals surface area contributed by atoms with Gasteiger partial charge in [0.05, 0.1) is 17.4 Å². The van der Waals surface area contributed by atoms with Gasteiger partial charge in [-0.3, -0.25) is 9.59 Å². The first-order valence-corrected chi connectivity index (χ1v) is 11.6. The van der Waals surface area contributed by atoms with E-state index in [1.165, 1.54) is 6.92 Å². The molecular formula is C26H26F3N3O4. The largest absolute Gasteiger partial charge is 0.485 e. The van der Waals surface area contributed by atoms with Gasteiger partial charge >= 0.3 is 12.1 Å². The minimum absolute atomic E-state index is 0.269. The second kappa shape index (κ2) is 10.4. The summed E-state index contributed by atoms with van der Waals surface area (Å²) in [7, 11) is 0. The summed E-state index contributed by atoms with van der Waals surface area (Å²) in [5.74, 6) is -0.750. The maximum absolute atomic E-state index is 12.9. The number of benzene rings is 2. The summed E-state index contributed by atoms with van der Waals surface area (Å²) >= 11 is 0. The molecule has 190 valence electrons. The molecule has 0 aliphatic heterocycles. The van der Waals surface area contributed by atoms with Crippen LogP contribution in [-0.4, -0.2) is 32.8 Å². The van der Waals surface area contributed by atoms with E-state index in [-0.39, 0.29) is 12.0 Å². The molecule has 0 saturated heterocycles. The Morgan fingerprint density at radius 3 is 2.28 bits per heavy atom. The molecule has 0 radical (unpaired) electrons. The van der Waals surface area contributed by atoms with E-state index in [0.29, 0.717) is 17.0 Å². The lowest BCUT2D eigenvalue weighted by molar-refractivity contribution is -0.139. The van der Waals surface area contributed by atoms with Crippen LogP contribution in [0.5, 0.6) is 5.75 Å². The zero-order valence-corrected chi connectivity index (χ0v) is 19.5. The molecule has 7 nitrogen and oxygen atoms in total. The van der Waals surface area contributed by atoms with Crippen LogP contribution >= 0.6 is 0 Å². The number of carboxylic acids is 1. The van der Waals surface area contributed by atoms with Crippen molar-refractivity contribution in [2.75, 3.05) is 0 Å². The molecule has 1 aliphatic carbocycles. The van der Waals surface area contributed by atoms with Gasteiger partial charge in [0.2, 0.25) is 0 Å². The number of rotatable bonds is 8. The Morgan fingerprint density at radius 1 is 1.08 bits per heavy atom. The highest BCUT2D eigenvalue weighted by Crippen LogP contribution is 2.39. The predicted octanol–water partition coefficient (Wildman–Crippen LogP) is 5.40. The van der Waals surface area contributed by atoms with Crippen LogP contribution in [-0.2, 0) is 11.0 Å². The Kier molecular flexibility index (Phi) is 7.32. The van der Waals surface area contributed by atoms with E-state index in [1.54, 1.807) is 48.5 Å². The quantitative estimate of drug-likeness (QED) is 0.431. The first-order chi connectivity index (χ1) is 17.1. The fraction of sp³-hybridized carbons (Fsp3) is 0.346. The van der Waals surface area contributed by atoms with E-state index in [4.69, 9.17) is 9.84 Å². The number of aliphatic carboxylic acids is 1. The first kappa shape index (κ1) is 25.3. The molecule has 2 aromatic carbocycles. The second-order valence-electron chi connectivity index (χ2n) is 8.90. The summed E-state index contributed by atoms with van der Waals surface area (Å²) < 4.78 is 46.1. The number of hydrogen-bond donors (Lipinski definition) is 2. The number of halogens is 3. The zero-order valence-electron chi connectivity index (χ0n) is 19.5. The molecule has 10 heteroatoms. The van der Waals surface area contributed by atoms with E-state index >= 15 is 0 Å². The summed E-state index contributed by atoms with van der Waals surface area (Å²) in [5.41, 5.74) is 0.884. The third-order valence-corrected chi connectivity index (χ3v) is 6.32. The summed E-state index contributed by atoms with van der Waals surface area (Å²) in [6.07, 6.45) is 1.17. The SMILES string of the molecule is CC(NC(=O)c1ccc(C(Oc2ccc(-n3cc(C(F)(F)F)cn3)cc2)C2CCCC2)cc1)C(=O)O. The topological polar surface area (TPSA) is 93.5 Å². The van der Waals surface area contributed by atoms with Crippen molar-refractivity contribution in [3.05, 3.63) is 77.6 Å². The second-order valence-corrected chi connectivity index (χ2v) is 8.90. The van der Waals surface area contributed by atoms with Crippen molar-refractivity contribution >= 4 is 11.9 Å². The van der Waals surface area contributed by atoms with Crippen LogP contribution in [0.4, 0.5) is 13.2 Å². The van der Waals surface area contributed by atoms with Gasteiger partial charge in [-0.05, 0) is 61.7 Å². The molecule has 36 heavy (non-hydrogen) atoms. The van der Waals surface area contributed by atoms with Crippen LogP contribution in [0, 0.1) is 5.92 Å². The fourth-order valence-corrected chi connectivity index (χ4v) is 4.30. The molecule has 2 N–H and O–H groups in total. The van der Waals surface area contributed by atoms with E-state index in [1.807, 2.05) is 0 Å². The maximum atomic E-state index is 12.9. The highest BCUT2D eigenvalue weighted by Gasteiger charge is 2.32. The third-order valence-electron chi connectivity index (χ3n) is 6.32. The van der Waals surface area contributed by atoms with E-state index in [2.05, 4.69) is 10.4 Å². The molecule has 0 bridgehead atoms. The van der Waals surface area contributed by atoms with Gasteiger partial charge in [-0.2, -0.15) is 18.3 Å². The number of alkyl halides is 3. The van der Waals surface area contributed by atoms with Crippen molar-refractivity contribution in [2.45, 2.75) is 50.9 Å². The Labute approximate surface area is 205 Å². The molecule has 1 saturated carbocycles. The molecular weight excluding hydrogens is 475 g/mol. The van der Waals surface area contributed by atoms with Gasteiger partial charge in [0.25, 0.3) is 5.91 Å². The standard InChI is InChI=1S/C26H26F3N3O4/c1-16(25(34)35)31-24(33)19-8-6-18(7-9-19)23(17-4-2-3-5-17)36-22-12-10-21(11-13-22)32-15-20(14-30-32)26(27,28)29/h6-17,23H,2-5H2,1H3,(H,31,33)(H,34,35). The van der Waals surface area contributed by atoms with Crippen LogP contribution in [0.1, 0.15) is 60.2 Å². The highest BCUT2D eigenvalue weighted by atomic mass is 19.4. The van der Waals surface area contributed by atoms with Crippen molar-refractivity contribution in [3.8, 4) is 11.4 Å². The minimum atomic E-state index is -4.46. The van der Waals surface area contributed by atoms with Crippen molar-refractivity contribution in [1.29, 1.82) is 0 Å². The molecule has 1 aromatic heterocycles. The van der Waals surface area contributed by atoms with E-state index in [0.717, 1.165) is 48.3 Å². The Morgan fingerprint density at radius 2 is 1.72 bits per heavy atom. The monoisotopic (exact) mass is 501 g/mol. The lowest BCUT2D eigenvalue weighted by atomic mass is 9.93. The molecule has 1 aliphatic rings. The average Bonchev–Trinajstić information content (AvgIpc) is 3.55. The van der Waals surface area contributed by atoms with Crippen LogP contribution in [0.3, 0.4) is 0 Å². The van der Waals surface area contributed by atoms with Crippen molar-refractivity contribution < 1.29 is 32.6 Å². The Bertz CT molecular complexity index is 1200. The third kappa shape index (κ3) is 5.87. The van der Waals surface area contributed by atoms with Crippen LogP contribution in [0.25, 0.3) is 5.69 Å². The molecule has 1 amide bonds. The lowest BCUT2D eigenvalue weighted by Crippen LogP contribution is -2.38. The fourth-order valence-electron chi connectivity index (χ4n) is 4.30. The van der Waals surface area contributed by atoms with Crippen LogP contribution in [0.2, 0.25) is 0 Å². The maximum Gasteiger partial charge on any atom is 0.419 e. The first-order valence-electron chi connectivity index (χ1n) is 11.6. The lowest BCUT2D eigenvalue weighted by Gasteiger charge is -2.25. The summed E-state index contributed by atoms with van der Waals surface area (Å²) in [6.45, 7) is 1.39. The average molecular weight is 502 g/mol. The van der Waals surface area contributed by atoms with Crippen LogP contribution in [0.15, 0.2) is 60.9 Å². The number of ether oxygens (including phenoxy) is 1. The van der Waals surface area contributed by atoms with Crippen molar-refractivity contribution in [1.82, 2.24) is 15.1 Å². The van der Waals surface area contributed by atoms with Gasteiger partial charge in [-0.1, -0.05) is 25.0 Å². The van der Waals surface area contributed by atoms with Gasteiger partial charge in [-0.25, -0.2) is 4.68 Å². The van der Waals surface area contributed by atoms with Crippen LogP contribution < -0.4 is 10.1 Å². The Hall–Kier alpha value is -3.82. The number of carboxylic acid groups (broad SMARTS) is 1. The molecule has 0 spiro atoms. The summed E-state index contributed by atoms with van der Waals surface area (Å²) in [5, 5.41) is 15.2. The number of nitrogens with zero attached hydrogens (tertiary/aromatic N) is 2. The number of nitrogens with one attached hydrogen (secondary N) is 1. The normalized spacial score (nSPS) is 15.9. The zero-order chi connectivity index (χ0) is 25.9. The molecule has 4 rings (SSSR count). The number of hydrogen-bond acceptors (Lipinski definition) is 4. The smallest absolute Gasteiger partial charge is 0.419 e. The van der Waals surface area contributed by atoms with E-state index in [9.17, 15) is 22.8 Å². The van der Waals surface area contributed by atoms with Gasteiger partial charge in [0.1, 0.15) is 17.9 Å². The molecule has 1 fully saturated rings.